The number of aromatic nitrogens is 1. The first-order valence-corrected chi connectivity index (χ1v) is 5.87. The van der Waals surface area contributed by atoms with E-state index in [1.54, 1.807) is 0 Å². The van der Waals surface area contributed by atoms with E-state index in [9.17, 15) is 0 Å². The third kappa shape index (κ3) is 3.17. The molecule has 0 aliphatic carbocycles. The molecule has 0 N–H and O–H groups in total. The minimum atomic E-state index is 0.582. The van der Waals surface area contributed by atoms with Crippen LogP contribution in [0, 0.1) is 6.92 Å². The topological polar surface area (TPSA) is 31.4 Å². The molecule has 2 rings (SSSR count). The lowest BCUT2D eigenvalue weighted by Crippen LogP contribution is -2.06. The van der Waals surface area contributed by atoms with Gasteiger partial charge in [0.2, 0.25) is 0 Å². The average molecular weight is 231 g/mol. The SMILES string of the molecule is CCOCCOc1ccc2nc(C)ccc2c1. The Bertz CT molecular complexity index is 497. The molecule has 1 heterocycles. The van der Waals surface area contributed by atoms with Gasteiger partial charge in [-0.1, -0.05) is 6.07 Å². The molecule has 0 bridgehead atoms. The fourth-order valence-electron chi connectivity index (χ4n) is 1.66. The lowest BCUT2D eigenvalue weighted by molar-refractivity contribution is 0.110. The predicted octanol–water partition coefficient (Wildman–Crippen LogP) is 2.96. The van der Waals surface area contributed by atoms with Crippen molar-refractivity contribution >= 4 is 10.9 Å². The van der Waals surface area contributed by atoms with Crippen molar-refractivity contribution in [1.82, 2.24) is 4.98 Å². The lowest BCUT2D eigenvalue weighted by atomic mass is 10.2. The first kappa shape index (κ1) is 11.9. The Kier molecular flexibility index (Phi) is 3.94. The Hall–Kier alpha value is -1.61. The Labute approximate surface area is 101 Å². The molecule has 1 aromatic carbocycles. The van der Waals surface area contributed by atoms with E-state index in [1.807, 2.05) is 38.1 Å². The van der Waals surface area contributed by atoms with Crippen molar-refractivity contribution < 1.29 is 9.47 Å². The second kappa shape index (κ2) is 5.64. The van der Waals surface area contributed by atoms with Gasteiger partial charge >= 0.3 is 0 Å². The molecule has 0 amide bonds. The normalized spacial score (nSPS) is 10.7. The molecule has 0 fully saturated rings. The molecule has 3 nitrogen and oxygen atoms in total. The van der Waals surface area contributed by atoms with Crippen LogP contribution in [0.4, 0.5) is 0 Å². The van der Waals surface area contributed by atoms with Crippen LogP contribution in [0.2, 0.25) is 0 Å². The highest BCUT2D eigenvalue weighted by molar-refractivity contribution is 5.80. The molecular weight excluding hydrogens is 214 g/mol. The van der Waals surface area contributed by atoms with Gasteiger partial charge in [0.1, 0.15) is 12.4 Å². The molecule has 3 heteroatoms. The summed E-state index contributed by atoms with van der Waals surface area (Å²) in [7, 11) is 0. The van der Waals surface area contributed by atoms with Gasteiger partial charge in [-0.3, -0.25) is 4.98 Å². The average Bonchev–Trinajstić information content (AvgIpc) is 2.35. The minimum Gasteiger partial charge on any atom is -0.491 e. The summed E-state index contributed by atoms with van der Waals surface area (Å²) in [6, 6.07) is 10.0. The van der Waals surface area contributed by atoms with Crippen molar-refractivity contribution in [3.05, 3.63) is 36.0 Å². The Morgan fingerprint density at radius 1 is 1.12 bits per heavy atom. The van der Waals surface area contributed by atoms with Crippen molar-refractivity contribution in [2.45, 2.75) is 13.8 Å². The summed E-state index contributed by atoms with van der Waals surface area (Å²) < 4.78 is 10.8. The lowest BCUT2D eigenvalue weighted by Gasteiger charge is -2.07. The minimum absolute atomic E-state index is 0.582. The summed E-state index contributed by atoms with van der Waals surface area (Å²) in [6.07, 6.45) is 0. The molecular formula is C14H17NO2. The molecule has 2 aromatic rings. The number of hydrogen-bond donors (Lipinski definition) is 0. The molecule has 0 saturated carbocycles. The van der Waals surface area contributed by atoms with Gasteiger partial charge in [0.05, 0.1) is 12.1 Å². The number of pyridine rings is 1. The van der Waals surface area contributed by atoms with E-state index in [1.165, 1.54) is 0 Å². The molecule has 0 aliphatic heterocycles. The fraction of sp³-hybridized carbons (Fsp3) is 0.357. The van der Waals surface area contributed by atoms with Crippen LogP contribution < -0.4 is 4.74 Å². The van der Waals surface area contributed by atoms with Gasteiger partial charge in [0, 0.05) is 17.7 Å². The Morgan fingerprint density at radius 2 is 2.00 bits per heavy atom. The zero-order valence-corrected chi connectivity index (χ0v) is 10.3. The smallest absolute Gasteiger partial charge is 0.120 e. The van der Waals surface area contributed by atoms with Gasteiger partial charge in [0.25, 0.3) is 0 Å². The molecule has 0 saturated heterocycles. The third-order valence-electron chi connectivity index (χ3n) is 2.50. The molecule has 0 radical (unpaired) electrons. The van der Waals surface area contributed by atoms with Gasteiger partial charge in [-0.2, -0.15) is 0 Å². The summed E-state index contributed by atoms with van der Waals surface area (Å²) in [5, 5.41) is 1.10. The van der Waals surface area contributed by atoms with Gasteiger partial charge < -0.3 is 9.47 Å². The van der Waals surface area contributed by atoms with E-state index in [0.717, 1.165) is 29.0 Å². The van der Waals surface area contributed by atoms with Crippen molar-refractivity contribution in [1.29, 1.82) is 0 Å². The van der Waals surface area contributed by atoms with Crippen molar-refractivity contribution in [2.75, 3.05) is 19.8 Å². The fourth-order valence-corrected chi connectivity index (χ4v) is 1.66. The number of ether oxygens (including phenoxy) is 2. The van der Waals surface area contributed by atoms with Crippen LogP contribution in [-0.2, 0) is 4.74 Å². The number of fused-ring (bicyclic) bond motifs is 1. The summed E-state index contributed by atoms with van der Waals surface area (Å²) >= 11 is 0. The molecule has 90 valence electrons. The summed E-state index contributed by atoms with van der Waals surface area (Å²) in [5.41, 5.74) is 2.03. The highest BCUT2D eigenvalue weighted by Crippen LogP contribution is 2.19. The van der Waals surface area contributed by atoms with E-state index in [4.69, 9.17) is 9.47 Å². The largest absolute Gasteiger partial charge is 0.491 e. The van der Waals surface area contributed by atoms with E-state index in [0.29, 0.717) is 13.2 Å². The van der Waals surface area contributed by atoms with Gasteiger partial charge in [-0.25, -0.2) is 0 Å². The number of aryl methyl sites for hydroxylation is 1. The number of benzene rings is 1. The second-order valence-corrected chi connectivity index (χ2v) is 3.85. The summed E-state index contributed by atoms with van der Waals surface area (Å²) in [4.78, 5) is 4.45. The van der Waals surface area contributed by atoms with Gasteiger partial charge in [-0.15, -0.1) is 0 Å². The maximum Gasteiger partial charge on any atom is 0.120 e. The van der Waals surface area contributed by atoms with E-state index in [2.05, 4.69) is 11.1 Å². The summed E-state index contributed by atoms with van der Waals surface area (Å²) in [5.74, 6) is 0.864. The molecule has 17 heavy (non-hydrogen) atoms. The Morgan fingerprint density at radius 3 is 2.82 bits per heavy atom. The van der Waals surface area contributed by atoms with Crippen molar-refractivity contribution in [2.24, 2.45) is 0 Å². The van der Waals surface area contributed by atoms with Crippen LogP contribution in [0.15, 0.2) is 30.3 Å². The first-order valence-electron chi connectivity index (χ1n) is 5.87. The second-order valence-electron chi connectivity index (χ2n) is 3.85. The molecule has 1 aromatic heterocycles. The van der Waals surface area contributed by atoms with Crippen LogP contribution in [0.5, 0.6) is 5.75 Å². The Balaban J connectivity index is 2.07. The summed E-state index contributed by atoms with van der Waals surface area (Å²) in [6.45, 7) is 5.90. The first-order chi connectivity index (χ1) is 8.29. The number of hydrogen-bond acceptors (Lipinski definition) is 3. The zero-order chi connectivity index (χ0) is 12.1. The van der Waals surface area contributed by atoms with Crippen LogP contribution in [0.25, 0.3) is 10.9 Å². The third-order valence-corrected chi connectivity index (χ3v) is 2.50. The maximum absolute atomic E-state index is 5.59. The van der Waals surface area contributed by atoms with Crippen LogP contribution in [-0.4, -0.2) is 24.8 Å². The predicted molar refractivity (Wildman–Crippen MR) is 68.5 cm³/mol. The van der Waals surface area contributed by atoms with E-state index < -0.39 is 0 Å². The monoisotopic (exact) mass is 231 g/mol. The highest BCUT2D eigenvalue weighted by atomic mass is 16.5. The van der Waals surface area contributed by atoms with Crippen molar-refractivity contribution in [3.63, 3.8) is 0 Å². The van der Waals surface area contributed by atoms with Crippen LogP contribution in [0.1, 0.15) is 12.6 Å². The van der Waals surface area contributed by atoms with Crippen LogP contribution in [0.3, 0.4) is 0 Å². The number of rotatable bonds is 5. The molecule has 0 unspecified atom stereocenters. The molecule has 0 aliphatic rings. The van der Waals surface area contributed by atoms with E-state index >= 15 is 0 Å². The quantitative estimate of drug-likeness (QED) is 0.741. The highest BCUT2D eigenvalue weighted by Gasteiger charge is 1.99. The van der Waals surface area contributed by atoms with E-state index in [-0.39, 0.29) is 0 Å². The van der Waals surface area contributed by atoms with Crippen LogP contribution >= 0.6 is 0 Å². The standard InChI is InChI=1S/C14H17NO2/c1-3-16-8-9-17-13-6-7-14-12(10-13)5-4-11(2)15-14/h4-7,10H,3,8-9H2,1-2H3. The van der Waals surface area contributed by atoms with Gasteiger partial charge in [-0.05, 0) is 38.1 Å². The molecule has 0 atom stereocenters. The number of nitrogens with zero attached hydrogens (tertiary/aromatic N) is 1. The molecule has 0 spiro atoms. The maximum atomic E-state index is 5.59. The van der Waals surface area contributed by atoms with Crippen molar-refractivity contribution in [3.8, 4) is 5.75 Å². The zero-order valence-electron chi connectivity index (χ0n) is 10.3. The van der Waals surface area contributed by atoms with Gasteiger partial charge in [0.15, 0.2) is 0 Å².